The lowest BCUT2D eigenvalue weighted by Gasteiger charge is -2.07. The maximum Gasteiger partial charge on any atom is 0.212 e. The number of ketones is 1. The summed E-state index contributed by atoms with van der Waals surface area (Å²) in [5, 5.41) is 4.62. The van der Waals surface area contributed by atoms with Gasteiger partial charge in [0.05, 0.1) is 11.2 Å². The molecule has 1 aliphatic rings. The smallest absolute Gasteiger partial charge is 0.212 e. The Balaban J connectivity index is 1.98. The fourth-order valence-electron chi connectivity index (χ4n) is 2.82. The Kier molecular flexibility index (Phi) is 3.62. The van der Waals surface area contributed by atoms with Crippen molar-refractivity contribution < 1.29 is 4.79 Å². The summed E-state index contributed by atoms with van der Waals surface area (Å²) in [5.41, 5.74) is 3.89. The highest BCUT2D eigenvalue weighted by Crippen LogP contribution is 2.25. The number of fused-ring (bicyclic) bond motifs is 1. The van der Waals surface area contributed by atoms with Gasteiger partial charge >= 0.3 is 0 Å². The lowest BCUT2D eigenvalue weighted by Crippen LogP contribution is -2.12. The van der Waals surface area contributed by atoms with Gasteiger partial charge in [-0.15, -0.1) is 0 Å². The first-order valence-corrected chi connectivity index (χ1v) is 7.46. The molecule has 3 nitrogen and oxygen atoms in total. The van der Waals surface area contributed by atoms with Gasteiger partial charge in [0, 0.05) is 12.1 Å². The first kappa shape index (κ1) is 13.4. The first-order valence-electron chi connectivity index (χ1n) is 7.08. The third kappa shape index (κ3) is 2.27. The average Bonchev–Trinajstić information content (AvgIpc) is 3.04. The fourth-order valence-corrected chi connectivity index (χ4v) is 3.05. The van der Waals surface area contributed by atoms with Crippen LogP contribution in [-0.2, 0) is 19.4 Å². The Hall–Kier alpha value is -1.61. The molecule has 0 saturated heterocycles. The summed E-state index contributed by atoms with van der Waals surface area (Å²) < 4.78 is 1.71. The highest BCUT2D eigenvalue weighted by Gasteiger charge is 2.20. The summed E-state index contributed by atoms with van der Waals surface area (Å²) in [6.45, 7) is 2.76. The van der Waals surface area contributed by atoms with Gasteiger partial charge in [0.25, 0.3) is 0 Å². The van der Waals surface area contributed by atoms with Crippen molar-refractivity contribution in [1.82, 2.24) is 9.78 Å². The Morgan fingerprint density at radius 2 is 2.15 bits per heavy atom. The Bertz CT molecular complexity index is 660. The van der Waals surface area contributed by atoms with E-state index < -0.39 is 0 Å². The number of hydrogen-bond acceptors (Lipinski definition) is 2. The van der Waals surface area contributed by atoms with Gasteiger partial charge in [0.2, 0.25) is 5.78 Å². The van der Waals surface area contributed by atoms with Crippen LogP contribution < -0.4 is 0 Å². The molecular formula is C16H17ClN2O. The number of aromatic nitrogens is 2. The van der Waals surface area contributed by atoms with Gasteiger partial charge in [-0.25, -0.2) is 0 Å². The van der Waals surface area contributed by atoms with E-state index >= 15 is 0 Å². The summed E-state index contributed by atoms with van der Waals surface area (Å²) >= 11 is 6.14. The predicted molar refractivity (Wildman–Crippen MR) is 79.4 cm³/mol. The van der Waals surface area contributed by atoms with Crippen molar-refractivity contribution in [3.8, 4) is 0 Å². The molecule has 2 aromatic rings. The van der Waals surface area contributed by atoms with Crippen LogP contribution in [0.3, 0.4) is 0 Å². The minimum Gasteiger partial charge on any atom is -0.287 e. The van der Waals surface area contributed by atoms with Crippen LogP contribution in [-0.4, -0.2) is 15.6 Å². The van der Waals surface area contributed by atoms with Gasteiger partial charge in [0.1, 0.15) is 5.69 Å². The summed E-state index contributed by atoms with van der Waals surface area (Å²) in [5.74, 6) is -0.0318. The van der Waals surface area contributed by atoms with E-state index in [0.29, 0.717) is 22.8 Å². The Morgan fingerprint density at radius 1 is 1.35 bits per heavy atom. The third-order valence-corrected chi connectivity index (χ3v) is 4.08. The van der Waals surface area contributed by atoms with Crippen molar-refractivity contribution in [2.45, 2.75) is 39.2 Å². The van der Waals surface area contributed by atoms with Crippen molar-refractivity contribution in [3.63, 3.8) is 0 Å². The van der Waals surface area contributed by atoms with Crippen LogP contribution in [0.25, 0.3) is 0 Å². The van der Waals surface area contributed by atoms with Crippen LogP contribution in [0.5, 0.6) is 0 Å². The molecule has 4 heteroatoms. The van der Waals surface area contributed by atoms with Crippen molar-refractivity contribution in [2.75, 3.05) is 0 Å². The maximum absolute atomic E-state index is 12.7. The second kappa shape index (κ2) is 5.41. The maximum atomic E-state index is 12.7. The van der Waals surface area contributed by atoms with Gasteiger partial charge in [-0.2, -0.15) is 5.10 Å². The molecule has 0 saturated carbocycles. The molecule has 0 spiro atoms. The first-order chi connectivity index (χ1) is 9.70. The summed E-state index contributed by atoms with van der Waals surface area (Å²) in [6.07, 6.45) is 5.85. The van der Waals surface area contributed by atoms with E-state index in [1.165, 1.54) is 17.5 Å². The number of benzene rings is 1. The number of nitrogens with zero attached hydrogens (tertiary/aromatic N) is 2. The van der Waals surface area contributed by atoms with Gasteiger partial charge in [-0.05, 0) is 42.9 Å². The number of hydrogen-bond donors (Lipinski definition) is 0. The molecule has 0 N–H and O–H groups in total. The lowest BCUT2D eigenvalue weighted by molar-refractivity contribution is 0.102. The van der Waals surface area contributed by atoms with E-state index in [1.807, 2.05) is 12.1 Å². The zero-order valence-corrected chi connectivity index (χ0v) is 12.3. The quantitative estimate of drug-likeness (QED) is 0.805. The highest BCUT2D eigenvalue weighted by molar-refractivity contribution is 6.34. The van der Waals surface area contributed by atoms with Gasteiger partial charge in [-0.1, -0.05) is 30.7 Å². The van der Waals surface area contributed by atoms with Crippen LogP contribution in [0.1, 0.15) is 46.9 Å². The highest BCUT2D eigenvalue weighted by atomic mass is 35.5. The molecule has 1 aromatic heterocycles. The van der Waals surface area contributed by atoms with Gasteiger partial charge in [-0.3, -0.25) is 9.48 Å². The second-order valence-corrected chi connectivity index (χ2v) is 5.64. The molecule has 0 fully saturated rings. The fraction of sp³-hybridized carbons (Fsp3) is 0.375. The predicted octanol–water partition coefficient (Wildman–Crippen LogP) is 3.67. The van der Waals surface area contributed by atoms with E-state index in [4.69, 9.17) is 11.6 Å². The number of rotatable bonds is 4. The summed E-state index contributed by atoms with van der Waals surface area (Å²) in [4.78, 5) is 12.7. The van der Waals surface area contributed by atoms with Crippen molar-refractivity contribution >= 4 is 17.4 Å². The number of carbonyl (C=O) groups excluding carboxylic acids is 1. The molecule has 20 heavy (non-hydrogen) atoms. The zero-order chi connectivity index (χ0) is 14.1. The van der Waals surface area contributed by atoms with Crippen LogP contribution in [0.15, 0.2) is 24.4 Å². The molecule has 0 aliphatic heterocycles. The summed E-state index contributed by atoms with van der Waals surface area (Å²) in [6, 6.07) is 6.00. The third-order valence-electron chi connectivity index (χ3n) is 3.81. The zero-order valence-electron chi connectivity index (χ0n) is 11.5. The van der Waals surface area contributed by atoms with E-state index in [-0.39, 0.29) is 5.78 Å². The van der Waals surface area contributed by atoms with Crippen LogP contribution in [0.2, 0.25) is 5.02 Å². The molecule has 0 unspecified atom stereocenters. The molecular weight excluding hydrogens is 272 g/mol. The van der Waals surface area contributed by atoms with Crippen LogP contribution in [0.4, 0.5) is 0 Å². The van der Waals surface area contributed by atoms with Gasteiger partial charge in [0.15, 0.2) is 0 Å². The molecule has 1 aliphatic carbocycles. The number of carbonyl (C=O) groups is 1. The molecule has 3 rings (SSSR count). The summed E-state index contributed by atoms with van der Waals surface area (Å²) in [7, 11) is 0. The molecule has 1 aromatic carbocycles. The van der Waals surface area contributed by atoms with E-state index in [0.717, 1.165) is 19.3 Å². The Morgan fingerprint density at radius 3 is 2.95 bits per heavy atom. The standard InChI is InChI=1S/C16H17ClN2O/c1-2-8-19-15(14(17)10-18-19)16(20)13-7-6-11-4-3-5-12(11)9-13/h6-7,9-10H,2-5,8H2,1H3. The molecule has 0 atom stereocenters. The minimum atomic E-state index is -0.0318. The van der Waals surface area contributed by atoms with Crippen LogP contribution >= 0.6 is 11.6 Å². The molecule has 0 radical (unpaired) electrons. The van der Waals surface area contributed by atoms with Crippen molar-refractivity contribution in [3.05, 3.63) is 51.8 Å². The van der Waals surface area contributed by atoms with E-state index in [1.54, 1.807) is 10.9 Å². The molecule has 0 amide bonds. The number of aryl methyl sites for hydroxylation is 3. The Labute approximate surface area is 123 Å². The number of halogens is 1. The van der Waals surface area contributed by atoms with Crippen molar-refractivity contribution in [1.29, 1.82) is 0 Å². The van der Waals surface area contributed by atoms with E-state index in [2.05, 4.69) is 18.1 Å². The average molecular weight is 289 g/mol. The topological polar surface area (TPSA) is 34.9 Å². The largest absolute Gasteiger partial charge is 0.287 e. The minimum absolute atomic E-state index is 0.0318. The monoisotopic (exact) mass is 288 g/mol. The second-order valence-electron chi connectivity index (χ2n) is 5.23. The normalized spacial score (nSPS) is 13.5. The molecule has 104 valence electrons. The lowest BCUT2D eigenvalue weighted by atomic mass is 10.0. The SMILES string of the molecule is CCCn1ncc(Cl)c1C(=O)c1ccc2c(c1)CCC2. The van der Waals surface area contributed by atoms with Crippen molar-refractivity contribution in [2.24, 2.45) is 0 Å². The molecule has 1 heterocycles. The van der Waals surface area contributed by atoms with Crippen LogP contribution in [0, 0.1) is 0 Å². The molecule has 0 bridgehead atoms. The van der Waals surface area contributed by atoms with E-state index in [9.17, 15) is 4.79 Å². The van der Waals surface area contributed by atoms with Gasteiger partial charge < -0.3 is 0 Å².